The highest BCUT2D eigenvalue weighted by molar-refractivity contribution is 7.11. The molecule has 4 N–H and O–H groups in total. The molecular weight excluding hydrogens is 356 g/mol. The van der Waals surface area contributed by atoms with Crippen molar-refractivity contribution < 1.29 is 28.2 Å². The van der Waals surface area contributed by atoms with E-state index in [0.717, 1.165) is 12.1 Å². The molecule has 0 spiro atoms. The summed E-state index contributed by atoms with van der Waals surface area (Å²) in [5.74, 6) is -2.93. The van der Waals surface area contributed by atoms with Gasteiger partial charge in [-0.3, -0.25) is 10.1 Å². The van der Waals surface area contributed by atoms with Crippen LogP contribution in [-0.4, -0.2) is 21.5 Å². The number of nitrogens with one attached hydrogen (secondary N) is 1. The number of nitrogens with zero attached hydrogens (tertiary/aromatic N) is 1. The van der Waals surface area contributed by atoms with E-state index in [1.807, 2.05) is 5.32 Å². The van der Waals surface area contributed by atoms with Crippen LogP contribution in [0, 0.1) is 11.6 Å². The number of benzene rings is 1. The Morgan fingerprint density at radius 2 is 2.09 bits per heavy atom. The summed E-state index contributed by atoms with van der Waals surface area (Å²) >= 11 is 6.05. The maximum absolute atomic E-state index is 13.6. The number of rotatable bonds is 5. The Morgan fingerprint density at radius 3 is 2.70 bits per heavy atom. The van der Waals surface area contributed by atoms with Gasteiger partial charge in [-0.05, 0) is 23.7 Å². The highest BCUT2D eigenvalue weighted by atomic mass is 35.5. The molecule has 23 heavy (non-hydrogen) atoms. The summed E-state index contributed by atoms with van der Waals surface area (Å²) in [5, 5.41) is 10.1. The fourth-order valence-corrected chi connectivity index (χ4v) is 2.47. The van der Waals surface area contributed by atoms with Crippen molar-refractivity contribution in [2.75, 3.05) is 5.32 Å². The maximum atomic E-state index is 13.6. The van der Waals surface area contributed by atoms with E-state index in [1.165, 1.54) is 0 Å². The van der Waals surface area contributed by atoms with Gasteiger partial charge in [0.05, 0.1) is 5.02 Å². The minimum atomic E-state index is -1.42. The highest BCUT2D eigenvalue weighted by Crippen LogP contribution is 2.31. The van der Waals surface area contributed by atoms with Crippen LogP contribution in [0.5, 0.6) is 5.88 Å². The molecule has 0 fully saturated rings. The molecule has 0 aliphatic rings. The van der Waals surface area contributed by atoms with Gasteiger partial charge in [-0.15, -0.1) is 0 Å². The molecule has 0 radical (unpaired) electrons. The first-order valence-corrected chi connectivity index (χ1v) is 7.00. The highest BCUT2D eigenvalue weighted by Gasteiger charge is 2.22. The third kappa shape index (κ3) is 3.85. The Hall–Kier alpha value is -2.46. The van der Waals surface area contributed by atoms with E-state index in [4.69, 9.17) is 27.2 Å². The average molecular weight is 364 g/mol. The number of carbonyl (C=O) groups is 2. The van der Waals surface area contributed by atoms with Crippen molar-refractivity contribution in [2.24, 2.45) is 5.73 Å². The monoisotopic (exact) mass is 363 g/mol. The average Bonchev–Trinajstić information content (AvgIpc) is 2.83. The van der Waals surface area contributed by atoms with E-state index in [2.05, 4.69) is 4.37 Å². The topological polar surface area (TPSA) is 115 Å². The number of hydrogen-bond acceptors (Lipinski definition) is 5. The van der Waals surface area contributed by atoms with Crippen molar-refractivity contribution in [3.8, 4) is 5.88 Å². The fourth-order valence-electron chi connectivity index (χ4n) is 1.59. The summed E-state index contributed by atoms with van der Waals surface area (Å²) < 4.78 is 35.8. The Labute approximate surface area is 136 Å². The Morgan fingerprint density at radius 1 is 1.39 bits per heavy atom. The number of halogens is 3. The number of carboxylic acid groups (broad SMARTS) is 1. The number of amides is 2. The van der Waals surface area contributed by atoms with E-state index in [-0.39, 0.29) is 27.0 Å². The first kappa shape index (κ1) is 16.9. The molecule has 0 saturated heterocycles. The fraction of sp³-hybridized carbons (Fsp3) is 0.0833. The number of hydrogen-bond donors (Lipinski definition) is 3. The maximum Gasteiger partial charge on any atom is 0.409 e. The molecular formula is C12H8ClF2N3O4S. The van der Waals surface area contributed by atoms with E-state index < -0.39 is 30.2 Å². The quantitative estimate of drug-likeness (QED) is 0.706. The Balaban J connectivity index is 2.24. The van der Waals surface area contributed by atoms with Gasteiger partial charge in [0.1, 0.15) is 28.8 Å². The van der Waals surface area contributed by atoms with Crippen LogP contribution in [0.1, 0.15) is 15.9 Å². The van der Waals surface area contributed by atoms with Crippen molar-refractivity contribution in [1.82, 2.24) is 4.37 Å². The van der Waals surface area contributed by atoms with Crippen molar-refractivity contribution in [3.05, 3.63) is 39.9 Å². The van der Waals surface area contributed by atoms with E-state index in [9.17, 15) is 18.4 Å². The first-order valence-electron chi connectivity index (χ1n) is 5.85. The lowest BCUT2D eigenvalue weighted by Gasteiger charge is -2.07. The minimum absolute atomic E-state index is 0.136. The standard InChI is InChI=1S/C12H8ClF2N3O4S/c13-5-2-6(14)4(1-7(5)15)3-22-10-8(9(16)19)11(23-18-10)17-12(20)21/h1-2,17H,3H2,(H2,16,19)(H,20,21). The predicted octanol–water partition coefficient (Wildman–Crippen LogP) is 2.84. The van der Waals surface area contributed by atoms with Crippen LogP contribution in [0.3, 0.4) is 0 Å². The molecule has 11 heteroatoms. The molecule has 1 heterocycles. The molecule has 2 amide bonds. The zero-order valence-corrected chi connectivity index (χ0v) is 12.7. The van der Waals surface area contributed by atoms with Gasteiger partial charge in [0, 0.05) is 5.56 Å². The lowest BCUT2D eigenvalue weighted by molar-refractivity contribution is 0.0996. The van der Waals surface area contributed by atoms with E-state index >= 15 is 0 Å². The van der Waals surface area contributed by atoms with Crippen LogP contribution < -0.4 is 15.8 Å². The van der Waals surface area contributed by atoms with Gasteiger partial charge in [-0.1, -0.05) is 11.6 Å². The lowest BCUT2D eigenvalue weighted by atomic mass is 10.2. The van der Waals surface area contributed by atoms with Gasteiger partial charge in [-0.25, -0.2) is 13.6 Å². The molecule has 0 atom stereocenters. The molecule has 0 unspecified atom stereocenters. The number of primary amides is 1. The summed E-state index contributed by atoms with van der Waals surface area (Å²) in [6.07, 6.45) is -1.42. The van der Waals surface area contributed by atoms with Gasteiger partial charge in [0.2, 0.25) is 5.88 Å². The molecule has 0 bridgehead atoms. The Kier molecular flexibility index (Phi) is 4.96. The third-order valence-corrected chi connectivity index (χ3v) is 3.62. The van der Waals surface area contributed by atoms with Crippen LogP contribution >= 0.6 is 23.1 Å². The molecule has 7 nitrogen and oxygen atoms in total. The third-order valence-electron chi connectivity index (χ3n) is 2.58. The molecule has 2 aromatic rings. The summed E-state index contributed by atoms with van der Waals surface area (Å²) in [7, 11) is 0. The molecule has 0 saturated carbocycles. The van der Waals surface area contributed by atoms with Crippen LogP contribution in [0.4, 0.5) is 18.6 Å². The van der Waals surface area contributed by atoms with E-state index in [0.29, 0.717) is 11.5 Å². The molecule has 122 valence electrons. The molecule has 1 aromatic heterocycles. The van der Waals surface area contributed by atoms with Gasteiger partial charge in [-0.2, -0.15) is 4.37 Å². The predicted molar refractivity (Wildman–Crippen MR) is 78.0 cm³/mol. The van der Waals surface area contributed by atoms with E-state index in [1.54, 1.807) is 0 Å². The lowest BCUT2D eigenvalue weighted by Crippen LogP contribution is -2.16. The molecule has 2 rings (SSSR count). The van der Waals surface area contributed by atoms with Gasteiger partial charge in [0.15, 0.2) is 0 Å². The zero-order valence-electron chi connectivity index (χ0n) is 11.1. The van der Waals surface area contributed by atoms with Crippen LogP contribution in [0.2, 0.25) is 5.02 Å². The SMILES string of the molecule is NC(=O)c1c(OCc2cc(F)c(Cl)cc2F)nsc1NC(=O)O. The molecule has 0 aliphatic heterocycles. The van der Waals surface area contributed by atoms with Gasteiger partial charge >= 0.3 is 6.09 Å². The number of ether oxygens (including phenoxy) is 1. The van der Waals surface area contributed by atoms with Gasteiger partial charge < -0.3 is 15.6 Å². The second kappa shape index (κ2) is 6.75. The number of nitrogens with two attached hydrogens (primary N) is 1. The van der Waals surface area contributed by atoms with Crippen LogP contribution in [0.25, 0.3) is 0 Å². The number of aromatic nitrogens is 1. The van der Waals surface area contributed by atoms with Gasteiger partial charge in [0.25, 0.3) is 5.91 Å². The minimum Gasteiger partial charge on any atom is -0.471 e. The van der Waals surface area contributed by atoms with Crippen LogP contribution in [-0.2, 0) is 6.61 Å². The smallest absolute Gasteiger partial charge is 0.409 e. The van der Waals surface area contributed by atoms with Crippen molar-refractivity contribution in [1.29, 1.82) is 0 Å². The van der Waals surface area contributed by atoms with Crippen molar-refractivity contribution in [3.63, 3.8) is 0 Å². The molecule has 0 aliphatic carbocycles. The summed E-state index contributed by atoms with van der Waals surface area (Å²) in [6, 6.07) is 1.62. The number of anilines is 1. The first-order chi connectivity index (χ1) is 10.8. The summed E-state index contributed by atoms with van der Waals surface area (Å²) in [4.78, 5) is 22.0. The number of carbonyl (C=O) groups excluding carboxylic acids is 1. The molecule has 1 aromatic carbocycles. The normalized spacial score (nSPS) is 10.4. The second-order valence-corrected chi connectivity index (χ2v) is 5.31. The second-order valence-electron chi connectivity index (χ2n) is 4.13. The summed E-state index contributed by atoms with van der Waals surface area (Å²) in [5.41, 5.74) is 4.68. The van der Waals surface area contributed by atoms with Crippen molar-refractivity contribution >= 4 is 40.1 Å². The zero-order chi connectivity index (χ0) is 17.1. The van der Waals surface area contributed by atoms with Crippen LogP contribution in [0.15, 0.2) is 12.1 Å². The Bertz CT molecular complexity index is 784. The van der Waals surface area contributed by atoms with Crippen molar-refractivity contribution in [2.45, 2.75) is 6.61 Å². The largest absolute Gasteiger partial charge is 0.471 e. The summed E-state index contributed by atoms with van der Waals surface area (Å²) in [6.45, 7) is -0.462.